The molecule has 3 heterocycles. The third-order valence-corrected chi connectivity index (χ3v) is 6.12. The largest absolute Gasteiger partial charge is 0.486 e. The van der Waals surface area contributed by atoms with Crippen LogP contribution in [0.15, 0.2) is 55.0 Å². The van der Waals surface area contributed by atoms with Gasteiger partial charge in [-0.15, -0.1) is 0 Å². The second kappa shape index (κ2) is 11.5. The van der Waals surface area contributed by atoms with E-state index in [2.05, 4.69) is 20.3 Å². The molecule has 0 spiro atoms. The van der Waals surface area contributed by atoms with E-state index in [1.165, 1.54) is 11.9 Å². The summed E-state index contributed by atoms with van der Waals surface area (Å²) in [7, 11) is 3.43. The number of pyridine rings is 1. The minimum absolute atomic E-state index is 0.188. The average Bonchev–Trinajstić information content (AvgIpc) is 3.03. The number of carboxylic acid groups (broad SMARTS) is 1. The molecule has 2 amide bonds. The number of likely N-dealkylation sites (N-methyl/N-ethyl adjacent to an activating group) is 1. The van der Waals surface area contributed by atoms with Gasteiger partial charge in [0.05, 0.1) is 0 Å². The van der Waals surface area contributed by atoms with Gasteiger partial charge in [0.2, 0.25) is 5.95 Å². The van der Waals surface area contributed by atoms with Crippen LogP contribution in [-0.2, 0) is 0 Å². The van der Waals surface area contributed by atoms with E-state index in [-0.39, 0.29) is 12.5 Å². The summed E-state index contributed by atoms with van der Waals surface area (Å²) in [6.45, 7) is 3.98. The van der Waals surface area contributed by atoms with E-state index in [1.54, 1.807) is 23.5 Å². The molecule has 0 bridgehead atoms. The van der Waals surface area contributed by atoms with Gasteiger partial charge in [-0.1, -0.05) is 12.1 Å². The van der Waals surface area contributed by atoms with Gasteiger partial charge in [-0.25, -0.2) is 9.78 Å². The lowest BCUT2D eigenvalue weighted by molar-refractivity contribution is 0.0989. The van der Waals surface area contributed by atoms with Crippen LogP contribution < -0.4 is 19.9 Å². The predicted octanol–water partition coefficient (Wildman–Crippen LogP) is 3.52. The van der Waals surface area contributed by atoms with E-state index in [1.807, 2.05) is 55.3 Å². The second-order valence-corrected chi connectivity index (χ2v) is 8.72. The monoisotopic (exact) mass is 505 g/mol. The highest BCUT2D eigenvalue weighted by molar-refractivity contribution is 6.09. The van der Waals surface area contributed by atoms with Gasteiger partial charge in [0.1, 0.15) is 23.2 Å². The Bertz CT molecular complexity index is 1240. The van der Waals surface area contributed by atoms with Crippen molar-refractivity contribution >= 4 is 29.5 Å². The van der Waals surface area contributed by atoms with Crippen molar-refractivity contribution in [2.75, 3.05) is 55.4 Å². The van der Waals surface area contributed by atoms with Crippen LogP contribution in [0.2, 0.25) is 0 Å². The summed E-state index contributed by atoms with van der Waals surface area (Å²) < 4.78 is 6.32. The highest BCUT2D eigenvalue weighted by Gasteiger charge is 2.28. The van der Waals surface area contributed by atoms with Gasteiger partial charge in [0, 0.05) is 82.6 Å². The molecule has 1 atom stereocenters. The molecule has 0 fully saturated rings. The van der Waals surface area contributed by atoms with Crippen molar-refractivity contribution in [1.82, 2.24) is 19.9 Å². The number of fused-ring (bicyclic) bond motifs is 1. The summed E-state index contributed by atoms with van der Waals surface area (Å²) >= 11 is 0. The number of carbonyl (C=O) groups is 2. The minimum Gasteiger partial charge on any atom is -0.486 e. The summed E-state index contributed by atoms with van der Waals surface area (Å²) in [4.78, 5) is 42.7. The van der Waals surface area contributed by atoms with Crippen LogP contribution in [0.5, 0.6) is 5.75 Å². The van der Waals surface area contributed by atoms with Crippen LogP contribution in [0, 0.1) is 0 Å². The van der Waals surface area contributed by atoms with E-state index >= 15 is 0 Å². The van der Waals surface area contributed by atoms with Gasteiger partial charge in [0.25, 0.3) is 5.91 Å². The zero-order valence-electron chi connectivity index (χ0n) is 21.2. The molecule has 1 aliphatic rings. The number of hydrogen-bond donors (Lipinski definition) is 2. The van der Waals surface area contributed by atoms with Gasteiger partial charge in [-0.05, 0) is 25.1 Å². The number of nitrogens with one attached hydrogen (secondary N) is 1. The first-order valence-corrected chi connectivity index (χ1v) is 12.1. The Kier molecular flexibility index (Phi) is 8.02. The van der Waals surface area contributed by atoms with Crippen molar-refractivity contribution in [3.05, 3.63) is 66.1 Å². The Morgan fingerprint density at radius 1 is 1.24 bits per heavy atom. The lowest BCUT2D eigenvalue weighted by Crippen LogP contribution is -2.33. The summed E-state index contributed by atoms with van der Waals surface area (Å²) in [5.74, 6) is 1.45. The molecule has 11 nitrogen and oxygen atoms in total. The zero-order valence-corrected chi connectivity index (χ0v) is 21.2. The smallest absolute Gasteiger partial charge is 0.407 e. The number of benzene rings is 1. The van der Waals surface area contributed by atoms with Gasteiger partial charge >= 0.3 is 6.09 Å². The summed E-state index contributed by atoms with van der Waals surface area (Å²) in [6.07, 6.45) is 3.96. The van der Waals surface area contributed by atoms with E-state index < -0.39 is 12.2 Å². The average molecular weight is 506 g/mol. The number of nitrogens with zero attached hydrogens (tertiary/aromatic N) is 6. The van der Waals surface area contributed by atoms with Crippen molar-refractivity contribution < 1.29 is 19.4 Å². The number of anilines is 3. The first-order chi connectivity index (χ1) is 17.9. The lowest BCUT2D eigenvalue weighted by atomic mass is 10.1. The third-order valence-electron chi connectivity index (χ3n) is 6.12. The second-order valence-electron chi connectivity index (χ2n) is 8.72. The number of hydrogen-bond acceptors (Lipinski definition) is 8. The van der Waals surface area contributed by atoms with Crippen LogP contribution in [0.25, 0.3) is 0 Å². The molecule has 0 saturated carbocycles. The standard InChI is InChI=1S/C26H31N7O4/c1-4-28-25-29-17-21-23(30-25)31(2)13-14-33(24(21)34)19-8-5-9-20(15-19)37-22(10-12-32(3)26(35)36)18-7-6-11-27-16-18/h5-9,11,15-17,22H,4,10,12-14H2,1-3H3,(H,35,36)(H,28,29,30). The van der Waals surface area contributed by atoms with Crippen LogP contribution >= 0.6 is 0 Å². The number of rotatable bonds is 9. The van der Waals surface area contributed by atoms with Gasteiger partial charge < -0.3 is 29.9 Å². The number of carbonyl (C=O) groups excluding carboxylic acids is 1. The zero-order chi connectivity index (χ0) is 26.4. The molecular weight excluding hydrogens is 474 g/mol. The number of aromatic nitrogens is 3. The van der Waals surface area contributed by atoms with Gasteiger partial charge in [-0.3, -0.25) is 9.78 Å². The number of ether oxygens (including phenoxy) is 1. The Balaban J connectivity index is 1.58. The molecule has 1 unspecified atom stereocenters. The van der Waals surface area contributed by atoms with E-state index in [0.29, 0.717) is 54.8 Å². The Morgan fingerprint density at radius 3 is 2.81 bits per heavy atom. The molecule has 1 aliphatic heterocycles. The quantitative estimate of drug-likeness (QED) is 0.449. The van der Waals surface area contributed by atoms with Crippen LogP contribution in [0.3, 0.4) is 0 Å². The highest BCUT2D eigenvalue weighted by Crippen LogP contribution is 2.31. The van der Waals surface area contributed by atoms with E-state index in [9.17, 15) is 14.7 Å². The van der Waals surface area contributed by atoms with Crippen LogP contribution in [0.1, 0.15) is 35.4 Å². The maximum atomic E-state index is 13.5. The molecule has 0 radical (unpaired) electrons. The first kappa shape index (κ1) is 25.7. The molecular formula is C26H31N7O4. The molecule has 0 aliphatic carbocycles. The molecule has 194 valence electrons. The molecule has 2 N–H and O–H groups in total. The fourth-order valence-corrected chi connectivity index (χ4v) is 4.06. The molecule has 4 rings (SSSR count). The highest BCUT2D eigenvalue weighted by atomic mass is 16.5. The van der Waals surface area contributed by atoms with E-state index in [0.717, 1.165) is 5.56 Å². The minimum atomic E-state index is -1.00. The molecule has 37 heavy (non-hydrogen) atoms. The molecule has 2 aromatic heterocycles. The SMILES string of the molecule is CCNc1ncc2c(n1)N(C)CCN(c1cccc(OC(CCN(C)C(=O)O)c3cccnc3)c1)C2=O. The third kappa shape index (κ3) is 6.05. The maximum Gasteiger partial charge on any atom is 0.407 e. The van der Waals surface area contributed by atoms with Crippen molar-refractivity contribution in [1.29, 1.82) is 0 Å². The maximum absolute atomic E-state index is 13.5. The Hall–Kier alpha value is -4.41. The van der Waals surface area contributed by atoms with Crippen molar-refractivity contribution in [3.63, 3.8) is 0 Å². The number of amides is 2. The molecule has 1 aromatic carbocycles. The van der Waals surface area contributed by atoms with Crippen LogP contribution in [0.4, 0.5) is 22.2 Å². The first-order valence-electron chi connectivity index (χ1n) is 12.1. The fourth-order valence-electron chi connectivity index (χ4n) is 4.06. The topological polar surface area (TPSA) is 124 Å². The normalized spacial score (nSPS) is 14.0. The predicted molar refractivity (Wildman–Crippen MR) is 140 cm³/mol. The van der Waals surface area contributed by atoms with E-state index in [4.69, 9.17) is 4.74 Å². The van der Waals surface area contributed by atoms with Crippen molar-refractivity contribution in [3.8, 4) is 5.75 Å². The van der Waals surface area contributed by atoms with Gasteiger partial charge in [0.15, 0.2) is 0 Å². The van der Waals surface area contributed by atoms with Crippen molar-refractivity contribution in [2.45, 2.75) is 19.4 Å². The summed E-state index contributed by atoms with van der Waals surface area (Å²) in [5.41, 5.74) is 1.95. The van der Waals surface area contributed by atoms with Crippen molar-refractivity contribution in [2.24, 2.45) is 0 Å². The fraction of sp³-hybridized carbons (Fsp3) is 0.346. The summed E-state index contributed by atoms with van der Waals surface area (Å²) in [6, 6.07) is 11.1. The Morgan fingerprint density at radius 2 is 2.08 bits per heavy atom. The molecule has 0 saturated heterocycles. The Labute approximate surface area is 215 Å². The van der Waals surface area contributed by atoms with Gasteiger partial charge in [-0.2, -0.15) is 4.98 Å². The molecule has 11 heteroatoms. The molecule has 3 aromatic rings. The van der Waals surface area contributed by atoms with Crippen LogP contribution in [-0.4, -0.2) is 77.2 Å². The lowest BCUT2D eigenvalue weighted by Gasteiger charge is -2.24. The summed E-state index contributed by atoms with van der Waals surface area (Å²) in [5, 5.41) is 12.3.